The topological polar surface area (TPSA) is 73.8 Å². The SMILES string of the molecule is CC(=O)Nc1ccccc1OCC(O)CNC1CCN(Cc2ccc(Cl)c(Cl)c2)CC1. The Balaban J connectivity index is 1.37. The summed E-state index contributed by atoms with van der Waals surface area (Å²) < 4.78 is 5.71. The smallest absolute Gasteiger partial charge is 0.221 e. The van der Waals surface area contributed by atoms with E-state index in [1.165, 1.54) is 6.92 Å². The number of aliphatic hydroxyl groups excluding tert-OH is 1. The summed E-state index contributed by atoms with van der Waals surface area (Å²) in [5.41, 5.74) is 1.76. The maximum Gasteiger partial charge on any atom is 0.221 e. The zero-order valence-corrected chi connectivity index (χ0v) is 19.1. The van der Waals surface area contributed by atoms with Crippen molar-refractivity contribution in [3.8, 4) is 5.75 Å². The molecule has 1 aliphatic heterocycles. The van der Waals surface area contributed by atoms with Gasteiger partial charge in [0.15, 0.2) is 0 Å². The molecule has 1 amide bonds. The third-order valence-corrected chi connectivity index (χ3v) is 5.99. The molecule has 0 spiro atoms. The van der Waals surface area contributed by atoms with E-state index in [1.807, 2.05) is 30.3 Å². The standard InChI is InChI=1S/C23H29Cl2N3O3/c1-16(29)27-22-4-2-3-5-23(22)31-15-19(30)13-26-18-8-10-28(11-9-18)14-17-6-7-20(24)21(25)12-17/h2-7,12,18-19,26,30H,8-11,13-15H2,1H3,(H,27,29). The third-order valence-electron chi connectivity index (χ3n) is 5.25. The van der Waals surface area contributed by atoms with Crippen LogP contribution in [0.15, 0.2) is 42.5 Å². The molecular weight excluding hydrogens is 437 g/mol. The average Bonchev–Trinajstić information content (AvgIpc) is 2.75. The molecule has 1 heterocycles. The number of rotatable bonds is 9. The molecule has 8 heteroatoms. The van der Waals surface area contributed by atoms with Crippen LogP contribution in [0, 0.1) is 0 Å². The Morgan fingerprint density at radius 3 is 2.65 bits per heavy atom. The molecule has 2 aromatic rings. The Morgan fingerprint density at radius 2 is 1.94 bits per heavy atom. The zero-order valence-electron chi connectivity index (χ0n) is 17.6. The quantitative estimate of drug-likeness (QED) is 0.522. The summed E-state index contributed by atoms with van der Waals surface area (Å²) in [6.45, 7) is 4.88. The molecule has 1 unspecified atom stereocenters. The van der Waals surface area contributed by atoms with E-state index < -0.39 is 6.10 Å². The van der Waals surface area contributed by atoms with Gasteiger partial charge in [0, 0.05) is 26.1 Å². The van der Waals surface area contributed by atoms with Crippen LogP contribution in [-0.4, -0.2) is 54.3 Å². The van der Waals surface area contributed by atoms with Gasteiger partial charge in [-0.1, -0.05) is 41.4 Å². The molecule has 0 aliphatic carbocycles. The Labute approximate surface area is 193 Å². The molecule has 2 aromatic carbocycles. The number of hydrogen-bond donors (Lipinski definition) is 3. The molecule has 0 aromatic heterocycles. The monoisotopic (exact) mass is 465 g/mol. The highest BCUT2D eigenvalue weighted by molar-refractivity contribution is 6.42. The first-order valence-electron chi connectivity index (χ1n) is 10.5. The molecule has 31 heavy (non-hydrogen) atoms. The van der Waals surface area contributed by atoms with Gasteiger partial charge in [0.1, 0.15) is 18.5 Å². The predicted octanol–water partition coefficient (Wildman–Crippen LogP) is 3.95. The number of carbonyl (C=O) groups excluding carboxylic acids is 1. The number of benzene rings is 2. The van der Waals surface area contributed by atoms with Gasteiger partial charge in [-0.15, -0.1) is 0 Å². The van der Waals surface area contributed by atoms with Crippen LogP contribution in [0.5, 0.6) is 5.75 Å². The number of nitrogens with zero attached hydrogens (tertiary/aromatic N) is 1. The lowest BCUT2D eigenvalue weighted by Gasteiger charge is -2.33. The number of aliphatic hydroxyl groups is 1. The third kappa shape index (κ3) is 7.66. The second-order valence-corrected chi connectivity index (χ2v) is 8.66. The molecule has 168 valence electrons. The van der Waals surface area contributed by atoms with E-state index in [9.17, 15) is 9.90 Å². The van der Waals surface area contributed by atoms with Gasteiger partial charge in [-0.2, -0.15) is 0 Å². The van der Waals surface area contributed by atoms with Crippen LogP contribution < -0.4 is 15.4 Å². The second kappa shape index (κ2) is 11.7. The molecule has 1 saturated heterocycles. The van der Waals surface area contributed by atoms with E-state index in [4.69, 9.17) is 27.9 Å². The number of para-hydroxylation sites is 2. The van der Waals surface area contributed by atoms with E-state index in [1.54, 1.807) is 12.1 Å². The molecule has 3 N–H and O–H groups in total. The molecule has 3 rings (SSSR count). The van der Waals surface area contributed by atoms with Gasteiger partial charge in [0.25, 0.3) is 0 Å². The van der Waals surface area contributed by atoms with Crippen molar-refractivity contribution in [2.75, 3.05) is 31.6 Å². The van der Waals surface area contributed by atoms with Gasteiger partial charge in [-0.25, -0.2) is 0 Å². The molecule has 0 bridgehead atoms. The molecule has 1 aliphatic rings. The van der Waals surface area contributed by atoms with E-state index >= 15 is 0 Å². The van der Waals surface area contributed by atoms with Crippen LogP contribution in [0.1, 0.15) is 25.3 Å². The normalized spacial score (nSPS) is 16.1. The van der Waals surface area contributed by atoms with Crippen molar-refractivity contribution >= 4 is 34.8 Å². The summed E-state index contributed by atoms with van der Waals surface area (Å²) in [6, 6.07) is 13.3. The minimum absolute atomic E-state index is 0.153. The van der Waals surface area contributed by atoms with Crippen molar-refractivity contribution in [2.45, 2.75) is 38.5 Å². The van der Waals surface area contributed by atoms with E-state index in [-0.39, 0.29) is 12.5 Å². The minimum Gasteiger partial charge on any atom is -0.489 e. The van der Waals surface area contributed by atoms with Gasteiger partial charge in [-0.3, -0.25) is 9.69 Å². The number of likely N-dealkylation sites (tertiary alicyclic amines) is 1. The van der Waals surface area contributed by atoms with Gasteiger partial charge in [0.05, 0.1) is 15.7 Å². The summed E-state index contributed by atoms with van der Waals surface area (Å²) in [6.07, 6.45) is 1.39. The molecule has 1 atom stereocenters. The molecule has 0 radical (unpaired) electrons. The minimum atomic E-state index is -0.639. The predicted molar refractivity (Wildman–Crippen MR) is 125 cm³/mol. The van der Waals surface area contributed by atoms with Crippen molar-refractivity contribution < 1.29 is 14.6 Å². The maximum atomic E-state index is 11.3. The molecule has 6 nitrogen and oxygen atoms in total. The fraction of sp³-hybridized carbons (Fsp3) is 0.435. The highest BCUT2D eigenvalue weighted by Crippen LogP contribution is 2.25. The Hall–Kier alpha value is -1.83. The number of ether oxygens (including phenoxy) is 1. The highest BCUT2D eigenvalue weighted by atomic mass is 35.5. The van der Waals surface area contributed by atoms with Gasteiger partial charge < -0.3 is 20.5 Å². The van der Waals surface area contributed by atoms with E-state index in [2.05, 4.69) is 15.5 Å². The van der Waals surface area contributed by atoms with Crippen molar-refractivity contribution in [2.24, 2.45) is 0 Å². The number of piperidine rings is 1. The van der Waals surface area contributed by atoms with Crippen molar-refractivity contribution in [1.29, 1.82) is 0 Å². The largest absolute Gasteiger partial charge is 0.489 e. The first kappa shape index (κ1) is 23.8. The lowest BCUT2D eigenvalue weighted by molar-refractivity contribution is -0.114. The lowest BCUT2D eigenvalue weighted by atomic mass is 10.0. The summed E-state index contributed by atoms with van der Waals surface area (Å²) in [5, 5.41) is 17.6. The van der Waals surface area contributed by atoms with E-state index in [0.29, 0.717) is 34.1 Å². The number of carbonyl (C=O) groups is 1. The van der Waals surface area contributed by atoms with Crippen LogP contribution in [0.25, 0.3) is 0 Å². The van der Waals surface area contributed by atoms with Crippen molar-refractivity contribution in [1.82, 2.24) is 10.2 Å². The Bertz CT molecular complexity index is 873. The summed E-state index contributed by atoms with van der Waals surface area (Å²) >= 11 is 12.1. The van der Waals surface area contributed by atoms with Gasteiger partial charge in [-0.05, 0) is 55.8 Å². The van der Waals surface area contributed by atoms with E-state index in [0.717, 1.165) is 38.0 Å². The molecular formula is C23H29Cl2N3O3. The van der Waals surface area contributed by atoms with Gasteiger partial charge in [0.2, 0.25) is 5.91 Å². The molecule has 1 fully saturated rings. The maximum absolute atomic E-state index is 11.3. The highest BCUT2D eigenvalue weighted by Gasteiger charge is 2.20. The number of amides is 1. The summed E-state index contributed by atoms with van der Waals surface area (Å²) in [4.78, 5) is 13.7. The lowest BCUT2D eigenvalue weighted by Crippen LogP contribution is -2.45. The molecule has 0 saturated carbocycles. The average molecular weight is 466 g/mol. The fourth-order valence-electron chi connectivity index (χ4n) is 3.62. The van der Waals surface area contributed by atoms with Crippen LogP contribution in [-0.2, 0) is 11.3 Å². The number of hydrogen-bond acceptors (Lipinski definition) is 5. The number of halogens is 2. The first-order chi connectivity index (χ1) is 14.9. The summed E-state index contributed by atoms with van der Waals surface area (Å²) in [5.74, 6) is 0.385. The number of anilines is 1. The zero-order chi connectivity index (χ0) is 22.2. The van der Waals surface area contributed by atoms with Crippen LogP contribution in [0.2, 0.25) is 10.0 Å². The summed E-state index contributed by atoms with van der Waals surface area (Å²) in [7, 11) is 0. The number of nitrogens with one attached hydrogen (secondary N) is 2. The Kier molecular flexibility index (Phi) is 8.99. The van der Waals surface area contributed by atoms with Crippen LogP contribution in [0.4, 0.5) is 5.69 Å². The second-order valence-electron chi connectivity index (χ2n) is 7.85. The Morgan fingerprint density at radius 1 is 1.19 bits per heavy atom. The van der Waals surface area contributed by atoms with Crippen LogP contribution in [0.3, 0.4) is 0 Å². The van der Waals surface area contributed by atoms with Crippen molar-refractivity contribution in [3.05, 3.63) is 58.1 Å². The van der Waals surface area contributed by atoms with Gasteiger partial charge >= 0.3 is 0 Å². The first-order valence-corrected chi connectivity index (χ1v) is 11.2. The van der Waals surface area contributed by atoms with Crippen LogP contribution >= 0.6 is 23.2 Å². The fourth-order valence-corrected chi connectivity index (χ4v) is 3.95. The van der Waals surface area contributed by atoms with Crippen molar-refractivity contribution in [3.63, 3.8) is 0 Å².